The molecule has 22 heavy (non-hydrogen) atoms. The van der Waals surface area contributed by atoms with E-state index in [4.69, 9.17) is 0 Å². The minimum Gasteiger partial charge on any atom is -0.348 e. The first-order valence-corrected chi connectivity index (χ1v) is 7.41. The van der Waals surface area contributed by atoms with Gasteiger partial charge in [0.15, 0.2) is 0 Å². The van der Waals surface area contributed by atoms with Gasteiger partial charge in [0.25, 0.3) is 0 Å². The van der Waals surface area contributed by atoms with Crippen LogP contribution in [-0.4, -0.2) is 29.5 Å². The number of aryl methyl sites for hydroxylation is 2. The first kappa shape index (κ1) is 13.0. The van der Waals surface area contributed by atoms with Crippen LogP contribution in [0.15, 0.2) is 30.9 Å². The fraction of sp³-hybridized carbons (Fsp3) is 0.333. The summed E-state index contributed by atoms with van der Waals surface area (Å²) in [5, 5.41) is 16.1. The van der Waals surface area contributed by atoms with Gasteiger partial charge in [0.1, 0.15) is 6.33 Å². The van der Waals surface area contributed by atoms with E-state index in [1.54, 1.807) is 18.7 Å². The Bertz CT molecular complexity index is 788. The number of pyridine rings is 1. The Labute approximate surface area is 128 Å². The number of aromatic nitrogens is 6. The van der Waals surface area contributed by atoms with Crippen LogP contribution in [0.2, 0.25) is 0 Å². The first-order chi connectivity index (χ1) is 10.8. The zero-order chi connectivity index (χ0) is 14.9. The van der Waals surface area contributed by atoms with Crippen molar-refractivity contribution in [2.75, 3.05) is 5.32 Å². The normalized spacial score (nSPS) is 13.3. The second-order valence-electron chi connectivity index (χ2n) is 5.44. The van der Waals surface area contributed by atoms with E-state index in [-0.39, 0.29) is 0 Å². The van der Waals surface area contributed by atoms with Crippen molar-refractivity contribution in [3.05, 3.63) is 47.8 Å². The molecular weight excluding hydrogens is 278 g/mol. The maximum absolute atomic E-state index is 4.60. The molecule has 3 heterocycles. The molecule has 0 fully saturated rings. The molecule has 0 spiro atoms. The predicted molar refractivity (Wildman–Crippen MR) is 81.7 cm³/mol. The zero-order valence-electron chi connectivity index (χ0n) is 12.4. The second-order valence-corrected chi connectivity index (χ2v) is 5.44. The van der Waals surface area contributed by atoms with E-state index in [1.165, 1.54) is 23.4 Å². The summed E-state index contributed by atoms with van der Waals surface area (Å²) in [7, 11) is 2.00. The van der Waals surface area contributed by atoms with Gasteiger partial charge in [-0.2, -0.15) is 5.10 Å². The van der Waals surface area contributed by atoms with Crippen molar-refractivity contribution in [3.8, 4) is 5.69 Å². The number of nitrogens with zero attached hydrogens (tertiary/aromatic N) is 6. The number of nitrogens with one attached hydrogen (secondary N) is 1. The van der Waals surface area contributed by atoms with Gasteiger partial charge in [0.2, 0.25) is 5.95 Å². The van der Waals surface area contributed by atoms with Crippen molar-refractivity contribution in [2.45, 2.75) is 25.8 Å². The van der Waals surface area contributed by atoms with Gasteiger partial charge in [-0.3, -0.25) is 14.2 Å². The van der Waals surface area contributed by atoms with E-state index >= 15 is 0 Å². The summed E-state index contributed by atoms with van der Waals surface area (Å²) >= 11 is 0. The third-order valence-electron chi connectivity index (χ3n) is 4.08. The van der Waals surface area contributed by atoms with E-state index < -0.39 is 0 Å². The van der Waals surface area contributed by atoms with Crippen LogP contribution >= 0.6 is 0 Å². The summed E-state index contributed by atoms with van der Waals surface area (Å²) < 4.78 is 3.87. The fourth-order valence-corrected chi connectivity index (χ4v) is 3.01. The molecule has 0 aromatic carbocycles. The summed E-state index contributed by atoms with van der Waals surface area (Å²) in [5.41, 5.74) is 4.80. The molecule has 1 N–H and O–H groups in total. The molecule has 0 atom stereocenters. The maximum Gasteiger partial charge on any atom is 0.229 e. The molecule has 0 amide bonds. The number of hydrogen-bond donors (Lipinski definition) is 1. The summed E-state index contributed by atoms with van der Waals surface area (Å²) in [6.45, 7) is 0.692. The Morgan fingerprint density at radius 3 is 3.14 bits per heavy atom. The highest BCUT2D eigenvalue weighted by molar-refractivity contribution is 5.40. The van der Waals surface area contributed by atoms with Crippen LogP contribution in [0.4, 0.5) is 5.95 Å². The fourth-order valence-electron chi connectivity index (χ4n) is 3.01. The van der Waals surface area contributed by atoms with Crippen molar-refractivity contribution < 1.29 is 0 Å². The Kier molecular flexibility index (Phi) is 3.10. The molecule has 7 nitrogen and oxygen atoms in total. The highest BCUT2D eigenvalue weighted by Crippen LogP contribution is 2.25. The van der Waals surface area contributed by atoms with E-state index in [1.807, 2.05) is 28.4 Å². The molecular formula is C15H17N7. The SMILES string of the molecule is Cn1nc2c(c1CNc1nncn1-c1cccnc1)CCC2. The van der Waals surface area contributed by atoms with Gasteiger partial charge in [0.05, 0.1) is 29.8 Å². The molecule has 112 valence electrons. The Hall–Kier alpha value is -2.70. The highest BCUT2D eigenvalue weighted by atomic mass is 15.3. The predicted octanol–water partition coefficient (Wildman–Crippen LogP) is 1.50. The van der Waals surface area contributed by atoms with E-state index in [0.29, 0.717) is 12.5 Å². The van der Waals surface area contributed by atoms with Crippen LogP contribution in [0.3, 0.4) is 0 Å². The lowest BCUT2D eigenvalue weighted by molar-refractivity contribution is 0.686. The van der Waals surface area contributed by atoms with Crippen LogP contribution in [0.25, 0.3) is 5.69 Å². The topological polar surface area (TPSA) is 73.5 Å². The quantitative estimate of drug-likeness (QED) is 0.789. The molecule has 7 heteroatoms. The molecule has 1 aliphatic carbocycles. The lowest BCUT2D eigenvalue weighted by Crippen LogP contribution is -2.11. The van der Waals surface area contributed by atoms with Gasteiger partial charge in [-0.05, 0) is 37.0 Å². The Morgan fingerprint density at radius 2 is 2.27 bits per heavy atom. The van der Waals surface area contributed by atoms with Gasteiger partial charge in [-0.1, -0.05) is 0 Å². The number of rotatable bonds is 4. The standard InChI is InChI=1S/C15H17N7/c1-21-14(12-5-2-6-13(12)20-21)9-17-15-19-18-10-22(15)11-4-3-7-16-8-11/h3-4,7-8,10H,2,5-6,9H2,1H3,(H,17,19). The molecule has 0 unspecified atom stereocenters. The molecule has 1 aliphatic rings. The minimum atomic E-state index is 0.692. The molecule has 4 rings (SSSR count). The summed E-state index contributed by atoms with van der Waals surface area (Å²) in [4.78, 5) is 4.13. The average Bonchev–Trinajstić information content (AvgIpc) is 3.23. The molecule has 0 radical (unpaired) electrons. The molecule has 0 bridgehead atoms. The Balaban J connectivity index is 1.58. The lowest BCUT2D eigenvalue weighted by atomic mass is 10.2. The van der Waals surface area contributed by atoms with Gasteiger partial charge in [-0.15, -0.1) is 10.2 Å². The smallest absolute Gasteiger partial charge is 0.229 e. The zero-order valence-corrected chi connectivity index (χ0v) is 12.4. The van der Waals surface area contributed by atoms with Crippen molar-refractivity contribution in [2.24, 2.45) is 7.05 Å². The second kappa shape index (κ2) is 5.25. The van der Waals surface area contributed by atoms with Crippen molar-refractivity contribution in [1.82, 2.24) is 29.5 Å². The van der Waals surface area contributed by atoms with Crippen molar-refractivity contribution in [3.63, 3.8) is 0 Å². The highest BCUT2D eigenvalue weighted by Gasteiger charge is 2.20. The number of anilines is 1. The lowest BCUT2D eigenvalue weighted by Gasteiger charge is -2.09. The summed E-state index contributed by atoms with van der Waals surface area (Å²) in [6, 6.07) is 3.87. The number of hydrogen-bond acceptors (Lipinski definition) is 5. The molecule has 0 aliphatic heterocycles. The van der Waals surface area contributed by atoms with Crippen LogP contribution < -0.4 is 5.32 Å². The van der Waals surface area contributed by atoms with Crippen molar-refractivity contribution >= 4 is 5.95 Å². The first-order valence-electron chi connectivity index (χ1n) is 7.41. The van der Waals surface area contributed by atoms with Crippen LogP contribution in [0.5, 0.6) is 0 Å². The molecule has 0 saturated carbocycles. The van der Waals surface area contributed by atoms with E-state index in [2.05, 4.69) is 25.6 Å². The third kappa shape index (κ3) is 2.14. The van der Waals surface area contributed by atoms with Gasteiger partial charge < -0.3 is 5.32 Å². The van der Waals surface area contributed by atoms with Gasteiger partial charge >= 0.3 is 0 Å². The van der Waals surface area contributed by atoms with Crippen molar-refractivity contribution in [1.29, 1.82) is 0 Å². The maximum atomic E-state index is 4.60. The van der Waals surface area contributed by atoms with E-state index in [0.717, 1.165) is 18.5 Å². The largest absolute Gasteiger partial charge is 0.348 e. The van der Waals surface area contributed by atoms with Crippen LogP contribution in [0.1, 0.15) is 23.4 Å². The molecule has 0 saturated heterocycles. The third-order valence-corrected chi connectivity index (χ3v) is 4.08. The van der Waals surface area contributed by atoms with Crippen LogP contribution in [0, 0.1) is 0 Å². The summed E-state index contributed by atoms with van der Waals surface area (Å²) in [5.74, 6) is 0.709. The van der Waals surface area contributed by atoms with Crippen LogP contribution in [-0.2, 0) is 26.4 Å². The summed E-state index contributed by atoms with van der Waals surface area (Å²) in [6.07, 6.45) is 8.64. The monoisotopic (exact) mass is 295 g/mol. The Morgan fingerprint density at radius 1 is 1.32 bits per heavy atom. The minimum absolute atomic E-state index is 0.692. The average molecular weight is 295 g/mol. The van der Waals surface area contributed by atoms with E-state index in [9.17, 15) is 0 Å². The van der Waals surface area contributed by atoms with Gasteiger partial charge in [-0.25, -0.2) is 0 Å². The molecule has 3 aromatic rings. The molecule has 3 aromatic heterocycles. The van der Waals surface area contributed by atoms with Gasteiger partial charge in [0, 0.05) is 13.2 Å². The number of fused-ring (bicyclic) bond motifs is 1.